The van der Waals surface area contributed by atoms with Crippen LogP contribution in [-0.4, -0.2) is 57.0 Å². The van der Waals surface area contributed by atoms with Crippen molar-refractivity contribution in [1.82, 2.24) is 10.2 Å². The maximum atomic E-state index is 12.5. The molecule has 2 aromatic carbocycles. The van der Waals surface area contributed by atoms with E-state index in [4.69, 9.17) is 0 Å². The van der Waals surface area contributed by atoms with Crippen LogP contribution in [0.5, 0.6) is 0 Å². The van der Waals surface area contributed by atoms with Crippen LogP contribution < -0.4 is 15.5 Å². The van der Waals surface area contributed by atoms with Crippen LogP contribution in [0.1, 0.15) is 40.0 Å². The molecule has 1 aliphatic rings. The van der Waals surface area contributed by atoms with Gasteiger partial charge in [0, 0.05) is 42.1 Å². The van der Waals surface area contributed by atoms with Gasteiger partial charge in [0.05, 0.1) is 0 Å². The van der Waals surface area contributed by atoms with E-state index in [1.165, 1.54) is 18.5 Å². The van der Waals surface area contributed by atoms with Gasteiger partial charge < -0.3 is 20.4 Å². The van der Waals surface area contributed by atoms with Crippen molar-refractivity contribution in [2.45, 2.75) is 19.3 Å². The van der Waals surface area contributed by atoms with Crippen molar-refractivity contribution in [3.8, 4) is 0 Å². The van der Waals surface area contributed by atoms with Crippen LogP contribution in [0.3, 0.4) is 0 Å². The molecule has 0 saturated carbocycles. The Morgan fingerprint density at radius 2 is 1.48 bits per heavy atom. The highest BCUT2D eigenvalue weighted by Crippen LogP contribution is 2.22. The Bertz CT molecular complexity index is 810. The lowest BCUT2D eigenvalue weighted by Crippen LogP contribution is -2.27. The van der Waals surface area contributed by atoms with Crippen molar-refractivity contribution in [3.63, 3.8) is 0 Å². The predicted molar refractivity (Wildman–Crippen MR) is 118 cm³/mol. The zero-order valence-corrected chi connectivity index (χ0v) is 17.3. The molecule has 29 heavy (non-hydrogen) atoms. The largest absolute Gasteiger partial charge is 0.372 e. The molecule has 6 nitrogen and oxygen atoms in total. The van der Waals surface area contributed by atoms with Gasteiger partial charge in [-0.15, -0.1) is 0 Å². The molecule has 0 radical (unpaired) electrons. The van der Waals surface area contributed by atoms with Gasteiger partial charge in [0.25, 0.3) is 11.8 Å². The Labute approximate surface area is 172 Å². The van der Waals surface area contributed by atoms with E-state index in [1.54, 1.807) is 24.3 Å². The molecule has 0 spiro atoms. The smallest absolute Gasteiger partial charge is 0.255 e. The Morgan fingerprint density at radius 1 is 0.897 bits per heavy atom. The number of carbonyl (C=O) groups excluding carboxylic acids is 2. The first-order chi connectivity index (χ1) is 14.0. The molecule has 0 aromatic heterocycles. The first-order valence-corrected chi connectivity index (χ1v) is 10.2. The minimum atomic E-state index is -0.183. The van der Waals surface area contributed by atoms with Gasteiger partial charge in [-0.2, -0.15) is 0 Å². The second kappa shape index (κ2) is 10.1. The summed E-state index contributed by atoms with van der Waals surface area (Å²) in [5, 5.41) is 5.82. The van der Waals surface area contributed by atoms with Gasteiger partial charge in [-0.3, -0.25) is 9.59 Å². The highest BCUT2D eigenvalue weighted by Gasteiger charge is 2.13. The molecule has 0 bridgehead atoms. The van der Waals surface area contributed by atoms with E-state index in [0.29, 0.717) is 17.7 Å². The van der Waals surface area contributed by atoms with Crippen molar-refractivity contribution >= 4 is 23.2 Å². The molecule has 1 saturated heterocycles. The number of hydrogen-bond donors (Lipinski definition) is 2. The molecule has 154 valence electrons. The van der Waals surface area contributed by atoms with Crippen LogP contribution in [0.25, 0.3) is 0 Å². The highest BCUT2D eigenvalue weighted by molar-refractivity contribution is 6.05. The van der Waals surface area contributed by atoms with Gasteiger partial charge in [0.15, 0.2) is 0 Å². The Balaban J connectivity index is 1.51. The highest BCUT2D eigenvalue weighted by atomic mass is 16.2. The predicted octanol–water partition coefficient (Wildman–Crippen LogP) is 3.22. The van der Waals surface area contributed by atoms with Crippen LogP contribution in [0.2, 0.25) is 0 Å². The lowest BCUT2D eigenvalue weighted by molar-refractivity contribution is 0.0950. The zero-order chi connectivity index (χ0) is 20.6. The van der Waals surface area contributed by atoms with E-state index < -0.39 is 0 Å². The number of anilines is 2. The summed E-state index contributed by atoms with van der Waals surface area (Å²) in [7, 11) is 4.01. The number of carbonyl (C=O) groups is 2. The summed E-state index contributed by atoms with van der Waals surface area (Å²) < 4.78 is 0. The standard InChI is InChI=1S/C23H30N4O2/c1-26(2)15-5-14-24-22(28)18-6-8-19(9-7-18)23(29)25-20-10-12-21(13-11-20)27-16-3-4-17-27/h6-13H,3-5,14-17H2,1-2H3,(H,24,28)(H,25,29). The quantitative estimate of drug-likeness (QED) is 0.675. The molecule has 1 fully saturated rings. The van der Waals surface area contributed by atoms with Gasteiger partial charge in [0.1, 0.15) is 0 Å². The third-order valence-electron chi connectivity index (χ3n) is 5.07. The van der Waals surface area contributed by atoms with Crippen LogP contribution in [-0.2, 0) is 0 Å². The Hall–Kier alpha value is -2.86. The van der Waals surface area contributed by atoms with Gasteiger partial charge >= 0.3 is 0 Å². The molecule has 2 amide bonds. The van der Waals surface area contributed by atoms with Crippen LogP contribution in [0, 0.1) is 0 Å². The normalized spacial score (nSPS) is 13.6. The average Bonchev–Trinajstić information content (AvgIpc) is 3.26. The minimum Gasteiger partial charge on any atom is -0.372 e. The van der Waals surface area contributed by atoms with Crippen molar-refractivity contribution in [2.75, 3.05) is 50.5 Å². The lowest BCUT2D eigenvalue weighted by atomic mass is 10.1. The molecular weight excluding hydrogens is 364 g/mol. The Morgan fingerprint density at radius 3 is 2.07 bits per heavy atom. The maximum absolute atomic E-state index is 12.5. The van der Waals surface area contributed by atoms with Crippen LogP contribution in [0.4, 0.5) is 11.4 Å². The van der Waals surface area contributed by atoms with Crippen molar-refractivity contribution in [1.29, 1.82) is 0 Å². The maximum Gasteiger partial charge on any atom is 0.255 e. The number of hydrogen-bond acceptors (Lipinski definition) is 4. The van der Waals surface area contributed by atoms with Gasteiger partial charge in [-0.1, -0.05) is 0 Å². The molecule has 0 aliphatic carbocycles. The van der Waals surface area contributed by atoms with E-state index >= 15 is 0 Å². The molecule has 1 heterocycles. The van der Waals surface area contributed by atoms with Gasteiger partial charge in [0.2, 0.25) is 0 Å². The molecule has 2 aromatic rings. The summed E-state index contributed by atoms with van der Waals surface area (Å²) in [6, 6.07) is 14.7. The first kappa shape index (κ1) is 20.9. The van der Waals surface area contributed by atoms with E-state index in [-0.39, 0.29) is 11.8 Å². The number of nitrogens with zero attached hydrogens (tertiary/aromatic N) is 2. The minimum absolute atomic E-state index is 0.117. The van der Waals surface area contributed by atoms with Crippen molar-refractivity contribution < 1.29 is 9.59 Å². The SMILES string of the molecule is CN(C)CCCNC(=O)c1ccc(C(=O)Nc2ccc(N3CCCC3)cc2)cc1. The molecule has 0 atom stereocenters. The van der Waals surface area contributed by atoms with Gasteiger partial charge in [-0.25, -0.2) is 0 Å². The van der Waals surface area contributed by atoms with Crippen LogP contribution >= 0.6 is 0 Å². The molecule has 1 aliphatic heterocycles. The van der Waals surface area contributed by atoms with E-state index in [9.17, 15) is 9.59 Å². The molecule has 2 N–H and O–H groups in total. The number of amides is 2. The summed E-state index contributed by atoms with van der Waals surface area (Å²) in [4.78, 5) is 29.1. The second-order valence-corrected chi connectivity index (χ2v) is 7.69. The monoisotopic (exact) mass is 394 g/mol. The Kier molecular flexibility index (Phi) is 7.25. The summed E-state index contributed by atoms with van der Waals surface area (Å²) >= 11 is 0. The van der Waals surface area contributed by atoms with Crippen molar-refractivity contribution in [3.05, 3.63) is 59.7 Å². The van der Waals surface area contributed by atoms with E-state index in [2.05, 4.69) is 20.4 Å². The fraction of sp³-hybridized carbons (Fsp3) is 0.391. The molecule has 6 heteroatoms. The molecule has 0 unspecified atom stereocenters. The van der Waals surface area contributed by atoms with Crippen molar-refractivity contribution in [2.24, 2.45) is 0 Å². The topological polar surface area (TPSA) is 64.7 Å². The fourth-order valence-electron chi connectivity index (χ4n) is 3.41. The first-order valence-electron chi connectivity index (χ1n) is 10.2. The molecule has 3 rings (SSSR count). The van der Waals surface area contributed by atoms with E-state index in [1.807, 2.05) is 38.4 Å². The second-order valence-electron chi connectivity index (χ2n) is 7.69. The summed E-state index contributed by atoms with van der Waals surface area (Å²) in [5.41, 5.74) is 3.04. The lowest BCUT2D eigenvalue weighted by Gasteiger charge is -2.17. The average molecular weight is 395 g/mol. The summed E-state index contributed by atoms with van der Waals surface area (Å²) in [6.45, 7) is 3.76. The van der Waals surface area contributed by atoms with Crippen LogP contribution in [0.15, 0.2) is 48.5 Å². The number of nitrogens with one attached hydrogen (secondary N) is 2. The third-order valence-corrected chi connectivity index (χ3v) is 5.07. The van der Waals surface area contributed by atoms with Gasteiger partial charge in [-0.05, 0) is 88.4 Å². The summed E-state index contributed by atoms with van der Waals surface area (Å²) in [5.74, 6) is -0.301. The van der Waals surface area contributed by atoms with E-state index in [0.717, 1.165) is 31.7 Å². The summed E-state index contributed by atoms with van der Waals surface area (Å²) in [6.07, 6.45) is 3.38. The fourth-order valence-corrected chi connectivity index (χ4v) is 3.41. The third kappa shape index (κ3) is 6.06. The molecular formula is C23H30N4O2. The zero-order valence-electron chi connectivity index (χ0n) is 17.3. The number of rotatable bonds is 8. The number of benzene rings is 2.